The molecule has 1 aliphatic carbocycles. The van der Waals surface area contributed by atoms with Crippen LogP contribution in [-0.2, 0) is 23.9 Å². The fourth-order valence-electron chi connectivity index (χ4n) is 5.44. The zero-order chi connectivity index (χ0) is 29.5. The maximum Gasteiger partial charge on any atom is 0.407 e. The quantitative estimate of drug-likeness (QED) is 0.289. The molecule has 0 saturated carbocycles. The Hall–Kier alpha value is -4.92. The van der Waals surface area contributed by atoms with Gasteiger partial charge in [0.2, 0.25) is 5.91 Å². The zero-order valence-corrected chi connectivity index (χ0v) is 22.9. The number of carboxylic acid groups (broad SMARTS) is 1. The van der Waals surface area contributed by atoms with Crippen molar-refractivity contribution in [2.75, 3.05) is 13.2 Å². The third-order valence-corrected chi connectivity index (χ3v) is 7.56. The highest BCUT2D eigenvalue weighted by molar-refractivity contribution is 5.84. The van der Waals surface area contributed by atoms with Gasteiger partial charge in [-0.05, 0) is 40.7 Å². The standard InChI is InChI=1S/C33H32N2O7/c36-30(37)18-22-12-4-9-17-28(32(39)42-29(19-34-31(22)38)21-10-2-1-3-11-21)35-33(40)41-20-27-25-15-7-5-13-23(25)24-14-6-8-16-26(24)27/h1-11,13-16,22,27-29H,12,17-20H2,(H,34,38)(H,35,40)(H,36,37)/t22-,28-,29-/m0/s1. The van der Waals surface area contributed by atoms with Crippen LogP contribution >= 0.6 is 0 Å². The molecule has 2 aliphatic rings. The van der Waals surface area contributed by atoms with Gasteiger partial charge in [-0.3, -0.25) is 9.59 Å². The van der Waals surface area contributed by atoms with Gasteiger partial charge in [0, 0.05) is 5.92 Å². The summed E-state index contributed by atoms with van der Waals surface area (Å²) in [5, 5.41) is 14.7. The molecule has 0 fully saturated rings. The van der Waals surface area contributed by atoms with Crippen LogP contribution < -0.4 is 10.6 Å². The Morgan fingerprint density at radius 2 is 1.50 bits per heavy atom. The van der Waals surface area contributed by atoms with Crippen LogP contribution in [-0.4, -0.2) is 48.2 Å². The molecule has 42 heavy (non-hydrogen) atoms. The molecule has 1 aliphatic heterocycles. The monoisotopic (exact) mass is 568 g/mol. The number of carbonyl (C=O) groups excluding carboxylic acids is 3. The largest absolute Gasteiger partial charge is 0.481 e. The van der Waals surface area contributed by atoms with Gasteiger partial charge in [-0.15, -0.1) is 0 Å². The number of hydrogen-bond donors (Lipinski definition) is 3. The van der Waals surface area contributed by atoms with E-state index in [1.807, 2.05) is 54.6 Å². The fraction of sp³-hybridized carbons (Fsp3) is 0.273. The Labute approximate surface area is 243 Å². The summed E-state index contributed by atoms with van der Waals surface area (Å²) in [6.07, 6.45) is 1.58. The Morgan fingerprint density at radius 3 is 2.17 bits per heavy atom. The van der Waals surface area contributed by atoms with Crippen molar-refractivity contribution in [2.45, 2.75) is 37.3 Å². The Balaban J connectivity index is 1.31. The number of allylic oxidation sites excluding steroid dienone is 1. The van der Waals surface area contributed by atoms with Crippen LogP contribution in [0.5, 0.6) is 0 Å². The van der Waals surface area contributed by atoms with E-state index in [1.54, 1.807) is 36.4 Å². The summed E-state index contributed by atoms with van der Waals surface area (Å²) < 4.78 is 11.4. The SMILES string of the molecule is O=C(O)C[C@@H]1CC=CC[C@H](NC(=O)OCC2c3ccccc3-c3ccccc32)C(=O)O[C@H](c2ccccc2)CNC1=O. The first-order valence-electron chi connectivity index (χ1n) is 13.9. The maximum absolute atomic E-state index is 13.3. The van der Waals surface area contributed by atoms with Crippen molar-refractivity contribution in [3.05, 3.63) is 108 Å². The third-order valence-electron chi connectivity index (χ3n) is 7.56. The van der Waals surface area contributed by atoms with Crippen molar-refractivity contribution in [2.24, 2.45) is 5.92 Å². The third kappa shape index (κ3) is 6.68. The van der Waals surface area contributed by atoms with E-state index in [1.165, 1.54) is 0 Å². The number of carboxylic acids is 1. The summed E-state index contributed by atoms with van der Waals surface area (Å²) in [6.45, 7) is 0.0408. The second kappa shape index (κ2) is 13.2. The average molecular weight is 569 g/mol. The first-order valence-corrected chi connectivity index (χ1v) is 13.9. The van der Waals surface area contributed by atoms with Gasteiger partial charge >= 0.3 is 18.0 Å². The number of alkyl carbamates (subject to hydrolysis) is 1. The van der Waals surface area contributed by atoms with Crippen molar-refractivity contribution in [1.29, 1.82) is 0 Å². The molecule has 0 saturated heterocycles. The number of rotatable bonds is 6. The molecule has 2 amide bonds. The van der Waals surface area contributed by atoms with Gasteiger partial charge < -0.3 is 25.2 Å². The van der Waals surface area contributed by atoms with E-state index in [0.717, 1.165) is 22.3 Å². The van der Waals surface area contributed by atoms with Crippen molar-refractivity contribution in [1.82, 2.24) is 10.6 Å². The molecule has 0 radical (unpaired) electrons. The minimum absolute atomic E-state index is 0.0495. The second-order valence-corrected chi connectivity index (χ2v) is 10.3. The van der Waals surface area contributed by atoms with E-state index in [4.69, 9.17) is 9.47 Å². The Kier molecular flexibility index (Phi) is 8.96. The molecule has 216 valence electrons. The van der Waals surface area contributed by atoms with E-state index in [2.05, 4.69) is 10.6 Å². The van der Waals surface area contributed by atoms with Gasteiger partial charge in [-0.25, -0.2) is 9.59 Å². The van der Waals surface area contributed by atoms with Crippen LogP contribution in [0.3, 0.4) is 0 Å². The van der Waals surface area contributed by atoms with Crippen LogP contribution in [0.2, 0.25) is 0 Å². The summed E-state index contributed by atoms with van der Waals surface area (Å²) in [5.74, 6) is -3.13. The summed E-state index contributed by atoms with van der Waals surface area (Å²) in [7, 11) is 0. The maximum atomic E-state index is 13.3. The Bertz CT molecular complexity index is 1440. The van der Waals surface area contributed by atoms with E-state index in [-0.39, 0.29) is 38.3 Å². The van der Waals surface area contributed by atoms with Crippen LogP contribution in [0.4, 0.5) is 4.79 Å². The van der Waals surface area contributed by atoms with E-state index in [0.29, 0.717) is 5.56 Å². The molecule has 1 heterocycles. The summed E-state index contributed by atoms with van der Waals surface area (Å²) >= 11 is 0. The Morgan fingerprint density at radius 1 is 0.881 bits per heavy atom. The van der Waals surface area contributed by atoms with E-state index >= 15 is 0 Å². The fourth-order valence-corrected chi connectivity index (χ4v) is 5.44. The molecule has 3 N–H and O–H groups in total. The van der Waals surface area contributed by atoms with Crippen LogP contribution in [0, 0.1) is 5.92 Å². The molecule has 3 aromatic rings. The first kappa shape index (κ1) is 28.6. The highest BCUT2D eigenvalue weighted by Gasteiger charge is 2.31. The van der Waals surface area contributed by atoms with Gasteiger partial charge in [0.25, 0.3) is 0 Å². The minimum Gasteiger partial charge on any atom is -0.481 e. The highest BCUT2D eigenvalue weighted by atomic mass is 16.6. The van der Waals surface area contributed by atoms with Gasteiger partial charge in [0.1, 0.15) is 18.8 Å². The lowest BCUT2D eigenvalue weighted by atomic mass is 9.98. The molecule has 9 heteroatoms. The number of amides is 2. The number of carbonyl (C=O) groups is 4. The predicted molar refractivity (Wildman–Crippen MR) is 154 cm³/mol. The van der Waals surface area contributed by atoms with Gasteiger partial charge in [-0.2, -0.15) is 0 Å². The number of esters is 1. The first-order chi connectivity index (χ1) is 20.4. The lowest BCUT2D eigenvalue weighted by Crippen LogP contribution is -2.44. The molecular weight excluding hydrogens is 536 g/mol. The summed E-state index contributed by atoms with van der Waals surface area (Å²) in [6, 6.07) is 23.9. The van der Waals surface area contributed by atoms with E-state index < -0.39 is 42.0 Å². The molecule has 0 aromatic heterocycles. The van der Waals surface area contributed by atoms with Crippen molar-refractivity contribution in [3.63, 3.8) is 0 Å². The van der Waals surface area contributed by atoms with E-state index in [9.17, 15) is 24.3 Å². The molecule has 3 aromatic carbocycles. The van der Waals surface area contributed by atoms with Crippen LogP contribution in [0.25, 0.3) is 11.1 Å². The van der Waals surface area contributed by atoms with Crippen LogP contribution in [0.1, 0.15) is 48.0 Å². The van der Waals surface area contributed by atoms with Crippen molar-refractivity contribution >= 4 is 23.9 Å². The summed E-state index contributed by atoms with van der Waals surface area (Å²) in [5.41, 5.74) is 5.01. The lowest BCUT2D eigenvalue weighted by molar-refractivity contribution is -0.152. The number of fused-ring (bicyclic) bond motifs is 3. The molecule has 0 spiro atoms. The lowest BCUT2D eigenvalue weighted by Gasteiger charge is -2.24. The predicted octanol–water partition coefficient (Wildman–Crippen LogP) is 4.74. The number of benzene rings is 3. The van der Waals surface area contributed by atoms with Crippen molar-refractivity contribution in [3.8, 4) is 11.1 Å². The smallest absolute Gasteiger partial charge is 0.407 e. The number of ether oxygens (including phenoxy) is 2. The van der Waals surface area contributed by atoms with Gasteiger partial charge in [0.15, 0.2) is 0 Å². The zero-order valence-electron chi connectivity index (χ0n) is 22.9. The van der Waals surface area contributed by atoms with Crippen molar-refractivity contribution < 1.29 is 33.8 Å². The molecular formula is C33H32N2O7. The number of nitrogens with one attached hydrogen (secondary N) is 2. The molecule has 5 rings (SSSR count). The molecule has 3 atom stereocenters. The van der Waals surface area contributed by atoms with Crippen LogP contribution in [0.15, 0.2) is 91.0 Å². The number of aliphatic carboxylic acids is 1. The minimum atomic E-state index is -1.09. The second-order valence-electron chi connectivity index (χ2n) is 10.3. The number of hydrogen-bond acceptors (Lipinski definition) is 6. The van der Waals surface area contributed by atoms with Gasteiger partial charge in [-0.1, -0.05) is 91.0 Å². The highest BCUT2D eigenvalue weighted by Crippen LogP contribution is 2.44. The molecule has 0 unspecified atom stereocenters. The number of cyclic esters (lactones) is 1. The topological polar surface area (TPSA) is 131 Å². The summed E-state index contributed by atoms with van der Waals surface area (Å²) in [4.78, 5) is 50.4. The molecule has 9 nitrogen and oxygen atoms in total. The van der Waals surface area contributed by atoms with Gasteiger partial charge in [0.05, 0.1) is 18.9 Å². The molecule has 0 bridgehead atoms. The average Bonchev–Trinajstić information content (AvgIpc) is 3.32. The normalized spacial score (nSPS) is 20.6.